The lowest BCUT2D eigenvalue weighted by Crippen LogP contribution is -2.49. The highest BCUT2D eigenvalue weighted by molar-refractivity contribution is 9.10. The third-order valence-corrected chi connectivity index (χ3v) is 7.72. The summed E-state index contributed by atoms with van der Waals surface area (Å²) in [6.45, 7) is 2.94. The summed E-state index contributed by atoms with van der Waals surface area (Å²) >= 11 is 3.64. The summed E-state index contributed by atoms with van der Waals surface area (Å²) in [5.41, 5.74) is 6.13. The van der Waals surface area contributed by atoms with E-state index in [1.54, 1.807) is 13.3 Å². The molecule has 6 heterocycles. The number of aromatic nitrogens is 3. The van der Waals surface area contributed by atoms with Crippen molar-refractivity contribution in [3.8, 4) is 5.75 Å². The lowest BCUT2D eigenvalue weighted by molar-refractivity contribution is 0.121. The molecule has 1 fully saturated rings. The molecule has 3 aliphatic rings. The van der Waals surface area contributed by atoms with Crippen molar-refractivity contribution < 1.29 is 9.84 Å². The molecule has 0 unspecified atom stereocenters. The normalized spacial score (nSPS) is 21.0. The maximum absolute atomic E-state index is 11.6. The van der Waals surface area contributed by atoms with Gasteiger partial charge in [0.05, 0.1) is 36.2 Å². The van der Waals surface area contributed by atoms with Crippen molar-refractivity contribution in [2.75, 3.05) is 18.6 Å². The topological polar surface area (TPSA) is 74.3 Å². The first-order chi connectivity index (χ1) is 15.0. The predicted molar refractivity (Wildman–Crippen MR) is 125 cm³/mol. The number of rotatable bonds is 3. The Bertz CT molecular complexity index is 1330. The van der Waals surface area contributed by atoms with Gasteiger partial charge in [-0.25, -0.2) is 4.98 Å². The van der Waals surface area contributed by atoms with E-state index in [0.29, 0.717) is 5.92 Å². The van der Waals surface area contributed by atoms with Crippen LogP contribution in [0.5, 0.6) is 5.75 Å². The second kappa shape index (κ2) is 6.93. The van der Waals surface area contributed by atoms with Crippen LogP contribution in [-0.2, 0) is 0 Å². The van der Waals surface area contributed by atoms with E-state index < -0.39 is 6.10 Å². The first kappa shape index (κ1) is 19.1. The minimum Gasteiger partial charge on any atom is -0.497 e. The molecule has 3 aromatic heterocycles. The van der Waals surface area contributed by atoms with Crippen molar-refractivity contribution in [2.24, 2.45) is 0 Å². The molecule has 3 atom stereocenters. The van der Waals surface area contributed by atoms with Gasteiger partial charge in [0, 0.05) is 39.6 Å². The lowest BCUT2D eigenvalue weighted by atomic mass is 9.79. The SMILES string of the molecule is COc1ccc2nccc([C@@H](O)[C@@H]3C[C@@H]4CCN3c3c4[nH]c4nc(C)c(Br)cc34)c2c1. The van der Waals surface area contributed by atoms with Crippen LogP contribution in [0.2, 0.25) is 0 Å². The number of ether oxygens (including phenoxy) is 1. The highest BCUT2D eigenvalue weighted by Gasteiger charge is 2.43. The summed E-state index contributed by atoms with van der Waals surface area (Å²) in [6.07, 6.45) is 3.16. The molecule has 7 heteroatoms. The molecule has 3 aliphatic heterocycles. The number of halogens is 1. The fourth-order valence-electron chi connectivity index (χ4n) is 5.37. The zero-order valence-electron chi connectivity index (χ0n) is 17.4. The maximum atomic E-state index is 11.6. The molecule has 1 saturated heterocycles. The number of aliphatic hydroxyl groups excluding tert-OH is 1. The van der Waals surface area contributed by atoms with Crippen LogP contribution in [0.3, 0.4) is 0 Å². The zero-order chi connectivity index (χ0) is 21.3. The number of hydrogen-bond acceptors (Lipinski definition) is 5. The predicted octanol–water partition coefficient (Wildman–Crippen LogP) is 4.99. The number of nitrogens with one attached hydrogen (secondary N) is 1. The molecular weight excluding hydrogens is 456 g/mol. The fourth-order valence-corrected chi connectivity index (χ4v) is 5.69. The fraction of sp³-hybridized carbons (Fsp3) is 0.333. The van der Waals surface area contributed by atoms with E-state index in [2.05, 4.69) is 36.9 Å². The minimum atomic E-state index is -0.625. The Morgan fingerprint density at radius 3 is 2.97 bits per heavy atom. The van der Waals surface area contributed by atoms with E-state index >= 15 is 0 Å². The Morgan fingerprint density at radius 1 is 1.26 bits per heavy atom. The van der Waals surface area contributed by atoms with Gasteiger partial charge >= 0.3 is 0 Å². The minimum absolute atomic E-state index is 0.00197. The van der Waals surface area contributed by atoms with Crippen LogP contribution < -0.4 is 9.64 Å². The van der Waals surface area contributed by atoms with Gasteiger partial charge < -0.3 is 19.7 Å². The largest absolute Gasteiger partial charge is 0.497 e. The quantitative estimate of drug-likeness (QED) is 0.433. The molecule has 0 amide bonds. The maximum Gasteiger partial charge on any atom is 0.140 e. The number of aryl methyl sites for hydroxylation is 1. The molecule has 0 saturated carbocycles. The van der Waals surface area contributed by atoms with Crippen LogP contribution in [0.4, 0.5) is 5.69 Å². The van der Waals surface area contributed by atoms with Crippen LogP contribution in [0, 0.1) is 6.92 Å². The Hall–Kier alpha value is -2.64. The van der Waals surface area contributed by atoms with E-state index in [1.807, 2.05) is 31.2 Å². The van der Waals surface area contributed by atoms with Crippen LogP contribution in [0.1, 0.15) is 41.8 Å². The summed E-state index contributed by atoms with van der Waals surface area (Å²) in [5.74, 6) is 1.17. The number of benzene rings is 1. The van der Waals surface area contributed by atoms with Gasteiger partial charge in [-0.3, -0.25) is 4.98 Å². The van der Waals surface area contributed by atoms with Crippen molar-refractivity contribution in [3.05, 3.63) is 58.0 Å². The number of anilines is 1. The average molecular weight is 479 g/mol. The van der Waals surface area contributed by atoms with Crippen molar-refractivity contribution >= 4 is 43.6 Å². The number of fused-ring (bicyclic) bond motifs is 4. The van der Waals surface area contributed by atoms with E-state index in [0.717, 1.165) is 62.8 Å². The second-order valence-corrected chi connectivity index (χ2v) is 9.40. The molecular formula is C24H23BrN4O2. The number of aliphatic hydroxyl groups is 1. The number of piperidine rings is 1. The van der Waals surface area contributed by atoms with Crippen LogP contribution >= 0.6 is 15.9 Å². The smallest absolute Gasteiger partial charge is 0.140 e. The summed E-state index contributed by atoms with van der Waals surface area (Å²) < 4.78 is 6.43. The molecule has 6 nitrogen and oxygen atoms in total. The molecule has 0 spiro atoms. The number of aromatic amines is 1. The van der Waals surface area contributed by atoms with E-state index in [9.17, 15) is 5.11 Å². The standard InChI is InChI=1S/C24H23BrN4O2/c1-12-18(25)11-17-22-21(28-24(17)27-12)13-6-8-29(22)20(9-13)23(30)15-5-7-26-19-4-3-14(31-2)10-16(15)19/h3-5,7,10-11,13,20,23,30H,6,8-9H2,1-2H3,(H,27,28)/t13-,20-,23+/m0/s1. The molecule has 7 rings (SSSR count). The van der Waals surface area contributed by atoms with Crippen molar-refractivity contribution in [2.45, 2.75) is 37.8 Å². The average Bonchev–Trinajstić information content (AvgIpc) is 3.18. The number of hydrogen-bond donors (Lipinski definition) is 2. The second-order valence-electron chi connectivity index (χ2n) is 8.55. The summed E-state index contributed by atoms with van der Waals surface area (Å²) in [5, 5.41) is 13.7. The Morgan fingerprint density at radius 2 is 2.13 bits per heavy atom. The summed E-state index contributed by atoms with van der Waals surface area (Å²) in [7, 11) is 1.66. The Labute approximate surface area is 188 Å². The molecule has 0 radical (unpaired) electrons. The van der Waals surface area contributed by atoms with Gasteiger partial charge in [0.25, 0.3) is 0 Å². The molecule has 2 bridgehead atoms. The number of nitrogens with zero attached hydrogens (tertiary/aromatic N) is 3. The van der Waals surface area contributed by atoms with Gasteiger partial charge in [0.2, 0.25) is 0 Å². The van der Waals surface area contributed by atoms with E-state index in [-0.39, 0.29) is 6.04 Å². The summed E-state index contributed by atoms with van der Waals surface area (Å²) in [4.78, 5) is 15.2. The molecule has 31 heavy (non-hydrogen) atoms. The molecule has 158 valence electrons. The molecule has 2 N–H and O–H groups in total. The van der Waals surface area contributed by atoms with Gasteiger partial charge in [0.1, 0.15) is 11.4 Å². The van der Waals surface area contributed by atoms with E-state index in [1.165, 1.54) is 11.4 Å². The van der Waals surface area contributed by atoms with Crippen molar-refractivity contribution in [1.29, 1.82) is 0 Å². The van der Waals surface area contributed by atoms with Crippen molar-refractivity contribution in [3.63, 3.8) is 0 Å². The zero-order valence-corrected chi connectivity index (χ0v) is 19.0. The highest BCUT2D eigenvalue weighted by atomic mass is 79.9. The Kier molecular flexibility index (Phi) is 4.27. The number of pyridine rings is 2. The Balaban J connectivity index is 1.47. The van der Waals surface area contributed by atoms with E-state index in [4.69, 9.17) is 9.72 Å². The molecule has 4 aromatic rings. The first-order valence-electron chi connectivity index (χ1n) is 10.6. The van der Waals surface area contributed by atoms with Crippen LogP contribution in [-0.4, -0.2) is 39.8 Å². The number of H-pyrrole nitrogens is 1. The lowest BCUT2D eigenvalue weighted by Gasteiger charge is -2.48. The van der Waals surface area contributed by atoms with Crippen LogP contribution in [0.15, 0.2) is 41.0 Å². The van der Waals surface area contributed by atoms with Gasteiger partial charge in [0.15, 0.2) is 0 Å². The van der Waals surface area contributed by atoms with Gasteiger partial charge in [-0.2, -0.15) is 0 Å². The molecule has 0 aliphatic carbocycles. The first-order valence-corrected chi connectivity index (χ1v) is 11.4. The monoisotopic (exact) mass is 478 g/mol. The highest BCUT2D eigenvalue weighted by Crippen LogP contribution is 2.51. The number of methoxy groups -OCH3 is 1. The van der Waals surface area contributed by atoms with Gasteiger partial charge in [-0.1, -0.05) is 0 Å². The van der Waals surface area contributed by atoms with Crippen molar-refractivity contribution in [1.82, 2.24) is 15.0 Å². The third-order valence-electron chi connectivity index (χ3n) is 6.92. The van der Waals surface area contributed by atoms with Crippen LogP contribution in [0.25, 0.3) is 21.9 Å². The third kappa shape index (κ3) is 2.79. The molecule has 1 aromatic carbocycles. The van der Waals surface area contributed by atoms with Gasteiger partial charge in [-0.05, 0) is 71.6 Å². The van der Waals surface area contributed by atoms with Gasteiger partial charge in [-0.15, -0.1) is 0 Å². The summed E-state index contributed by atoms with van der Waals surface area (Å²) in [6, 6.07) is 9.92.